The molecule has 0 aliphatic rings. The van der Waals surface area contributed by atoms with Gasteiger partial charge in [-0.1, -0.05) is 19.9 Å². The number of carboxylic acids is 1. The summed E-state index contributed by atoms with van der Waals surface area (Å²) in [5.41, 5.74) is 0. The smallest absolute Gasteiger partial charge is 0.327 e. The number of hydrogen-bond donors (Lipinski definition) is 1. The van der Waals surface area contributed by atoms with Crippen molar-refractivity contribution in [3.8, 4) is 0 Å². The first kappa shape index (κ1) is 9.88. The van der Waals surface area contributed by atoms with E-state index in [9.17, 15) is 9.59 Å². The van der Waals surface area contributed by atoms with Gasteiger partial charge < -0.3 is 5.11 Å². The fourth-order valence-corrected chi connectivity index (χ4v) is 0.656. The van der Waals surface area contributed by atoms with E-state index in [1.54, 1.807) is 13.8 Å². The summed E-state index contributed by atoms with van der Waals surface area (Å²) in [6, 6.07) is 0. The van der Waals surface area contributed by atoms with Crippen LogP contribution in [0.2, 0.25) is 0 Å². The van der Waals surface area contributed by atoms with Crippen molar-refractivity contribution < 1.29 is 14.7 Å². The topological polar surface area (TPSA) is 54.4 Å². The molecule has 0 unspecified atom stereocenters. The largest absolute Gasteiger partial charge is 0.478 e. The molecule has 0 amide bonds. The zero-order valence-corrected chi connectivity index (χ0v) is 6.70. The van der Waals surface area contributed by atoms with Gasteiger partial charge in [-0.3, -0.25) is 4.79 Å². The molecule has 0 heterocycles. The molecule has 3 heteroatoms. The number of rotatable bonds is 4. The van der Waals surface area contributed by atoms with Gasteiger partial charge in [0.05, 0.1) is 0 Å². The fraction of sp³-hybridized carbons (Fsp3) is 0.500. The molecular weight excluding hydrogens is 144 g/mol. The van der Waals surface area contributed by atoms with Gasteiger partial charge in [0.25, 0.3) is 0 Å². The molecule has 3 nitrogen and oxygen atoms in total. The number of aliphatic carboxylic acids is 1. The van der Waals surface area contributed by atoms with E-state index in [0.29, 0.717) is 6.42 Å². The Morgan fingerprint density at radius 2 is 2.09 bits per heavy atom. The lowest BCUT2D eigenvalue weighted by Gasteiger charge is -1.99. The Hall–Kier alpha value is -1.12. The minimum atomic E-state index is -1.01. The van der Waals surface area contributed by atoms with Gasteiger partial charge in [-0.05, 0) is 0 Å². The molecule has 0 aromatic heterocycles. The van der Waals surface area contributed by atoms with E-state index in [-0.39, 0.29) is 11.7 Å². The lowest BCUT2D eigenvalue weighted by Crippen LogP contribution is -2.06. The van der Waals surface area contributed by atoms with Crippen LogP contribution < -0.4 is 0 Å². The van der Waals surface area contributed by atoms with Gasteiger partial charge in [0.1, 0.15) is 5.78 Å². The Labute approximate surface area is 65.7 Å². The van der Waals surface area contributed by atoms with Crippen molar-refractivity contribution in [2.45, 2.75) is 20.3 Å². The van der Waals surface area contributed by atoms with Gasteiger partial charge in [-0.25, -0.2) is 4.79 Å². The van der Waals surface area contributed by atoms with Gasteiger partial charge in [0, 0.05) is 18.4 Å². The highest BCUT2D eigenvalue weighted by Gasteiger charge is 2.05. The molecule has 0 aromatic rings. The second-order valence-corrected chi connectivity index (χ2v) is 2.31. The Balaban J connectivity index is 3.95. The van der Waals surface area contributed by atoms with Crippen LogP contribution in [0.1, 0.15) is 20.3 Å². The molecule has 62 valence electrons. The third kappa shape index (κ3) is 4.31. The Kier molecular flexibility index (Phi) is 4.18. The fourth-order valence-electron chi connectivity index (χ4n) is 0.656. The van der Waals surface area contributed by atoms with Crippen molar-refractivity contribution in [3.05, 3.63) is 12.2 Å². The third-order valence-electron chi connectivity index (χ3n) is 1.38. The maximum atomic E-state index is 10.9. The number of ketones is 1. The van der Waals surface area contributed by atoms with Crippen LogP contribution in [-0.4, -0.2) is 16.9 Å². The van der Waals surface area contributed by atoms with E-state index in [4.69, 9.17) is 5.11 Å². The summed E-state index contributed by atoms with van der Waals surface area (Å²) >= 11 is 0. The molecule has 0 saturated carbocycles. The number of carboxylic acid groups (broad SMARTS) is 1. The summed E-state index contributed by atoms with van der Waals surface area (Å²) in [5.74, 6) is -1.24. The van der Waals surface area contributed by atoms with Crippen LogP contribution >= 0.6 is 0 Å². The van der Waals surface area contributed by atoms with Crippen molar-refractivity contribution >= 4 is 11.8 Å². The molecule has 0 aliphatic carbocycles. The molecule has 0 rings (SSSR count). The summed E-state index contributed by atoms with van der Waals surface area (Å²) in [4.78, 5) is 20.9. The third-order valence-corrected chi connectivity index (χ3v) is 1.38. The van der Waals surface area contributed by atoms with Gasteiger partial charge in [0.2, 0.25) is 0 Å². The zero-order chi connectivity index (χ0) is 8.85. The van der Waals surface area contributed by atoms with E-state index < -0.39 is 5.97 Å². The van der Waals surface area contributed by atoms with Gasteiger partial charge in [0.15, 0.2) is 0 Å². The van der Waals surface area contributed by atoms with Crippen molar-refractivity contribution in [2.75, 3.05) is 0 Å². The molecule has 0 bridgehead atoms. The lowest BCUT2D eigenvalue weighted by atomic mass is 10.0. The highest BCUT2D eigenvalue weighted by molar-refractivity contribution is 5.85. The minimum Gasteiger partial charge on any atom is -0.478 e. The van der Waals surface area contributed by atoms with Crippen molar-refractivity contribution in [2.24, 2.45) is 5.92 Å². The highest BCUT2D eigenvalue weighted by atomic mass is 16.4. The molecule has 0 aromatic carbocycles. The minimum absolute atomic E-state index is 0.0579. The van der Waals surface area contributed by atoms with Gasteiger partial charge >= 0.3 is 5.97 Å². The summed E-state index contributed by atoms with van der Waals surface area (Å²) in [6.07, 6.45) is 2.84. The van der Waals surface area contributed by atoms with Crippen LogP contribution in [0.4, 0.5) is 0 Å². The first-order chi connectivity index (χ1) is 5.07. The molecule has 0 fully saturated rings. The second kappa shape index (κ2) is 4.66. The molecule has 0 spiro atoms. The summed E-state index contributed by atoms with van der Waals surface area (Å²) < 4.78 is 0. The molecule has 11 heavy (non-hydrogen) atoms. The maximum absolute atomic E-state index is 10.9. The van der Waals surface area contributed by atoms with Crippen LogP contribution in [0.5, 0.6) is 0 Å². The Morgan fingerprint density at radius 3 is 2.45 bits per heavy atom. The number of carbonyl (C=O) groups is 2. The Morgan fingerprint density at radius 1 is 1.55 bits per heavy atom. The maximum Gasteiger partial charge on any atom is 0.327 e. The van der Waals surface area contributed by atoms with E-state index in [1.165, 1.54) is 6.08 Å². The molecular formula is C8H12O3. The number of Topliss-reactive ketones (excluding diaryl/α,β-unsaturated/α-hetero) is 1. The SMILES string of the molecule is CCC(=O)[C@@H](C)/C=C/C(=O)O. The molecule has 0 saturated heterocycles. The normalized spacial score (nSPS) is 13.3. The number of hydrogen-bond acceptors (Lipinski definition) is 2. The van der Waals surface area contributed by atoms with Crippen molar-refractivity contribution in [1.29, 1.82) is 0 Å². The monoisotopic (exact) mass is 156 g/mol. The van der Waals surface area contributed by atoms with Crippen LogP contribution in [0.15, 0.2) is 12.2 Å². The van der Waals surface area contributed by atoms with Crippen LogP contribution in [0.3, 0.4) is 0 Å². The molecule has 1 N–H and O–H groups in total. The second-order valence-electron chi connectivity index (χ2n) is 2.31. The Bertz CT molecular complexity index is 182. The predicted molar refractivity (Wildman–Crippen MR) is 41.2 cm³/mol. The van der Waals surface area contributed by atoms with Gasteiger partial charge in [-0.15, -0.1) is 0 Å². The van der Waals surface area contributed by atoms with Gasteiger partial charge in [-0.2, -0.15) is 0 Å². The molecule has 1 atom stereocenters. The van der Waals surface area contributed by atoms with Crippen molar-refractivity contribution in [3.63, 3.8) is 0 Å². The van der Waals surface area contributed by atoms with E-state index in [0.717, 1.165) is 6.08 Å². The standard InChI is InChI=1S/C8H12O3/c1-3-7(9)6(2)4-5-8(10)11/h4-6H,3H2,1-2H3,(H,10,11)/b5-4+/t6-/m0/s1. The highest BCUT2D eigenvalue weighted by Crippen LogP contribution is 2.01. The van der Waals surface area contributed by atoms with E-state index >= 15 is 0 Å². The summed E-state index contributed by atoms with van der Waals surface area (Å²) in [7, 11) is 0. The summed E-state index contributed by atoms with van der Waals surface area (Å²) in [5, 5.41) is 8.22. The van der Waals surface area contributed by atoms with Crippen LogP contribution in [-0.2, 0) is 9.59 Å². The number of carbonyl (C=O) groups excluding carboxylic acids is 1. The lowest BCUT2D eigenvalue weighted by molar-refractivity contribution is -0.131. The molecule has 0 radical (unpaired) electrons. The first-order valence-electron chi connectivity index (χ1n) is 3.51. The van der Waals surface area contributed by atoms with Crippen LogP contribution in [0.25, 0.3) is 0 Å². The van der Waals surface area contributed by atoms with Crippen molar-refractivity contribution in [1.82, 2.24) is 0 Å². The van der Waals surface area contributed by atoms with E-state index in [1.807, 2.05) is 0 Å². The predicted octanol–water partition coefficient (Wildman–Crippen LogP) is 1.24. The molecule has 0 aliphatic heterocycles. The number of allylic oxidation sites excluding steroid dienone is 1. The zero-order valence-electron chi connectivity index (χ0n) is 6.70. The van der Waals surface area contributed by atoms with E-state index in [2.05, 4.69) is 0 Å². The average Bonchev–Trinajstić information content (AvgIpc) is 1.98. The quantitative estimate of drug-likeness (QED) is 0.623. The average molecular weight is 156 g/mol. The van der Waals surface area contributed by atoms with Crippen LogP contribution in [0, 0.1) is 5.92 Å². The first-order valence-corrected chi connectivity index (χ1v) is 3.51. The summed E-state index contributed by atoms with van der Waals surface area (Å²) in [6.45, 7) is 3.44.